The molecule has 1 atom stereocenters. The summed E-state index contributed by atoms with van der Waals surface area (Å²) in [6.07, 6.45) is 5.27. The Kier molecular flexibility index (Phi) is 5.15. The molecule has 0 bridgehead atoms. The fraction of sp³-hybridized carbons (Fsp3) is 0.900. The van der Waals surface area contributed by atoms with Crippen molar-refractivity contribution in [3.05, 3.63) is 0 Å². The standard InChI is InChI=1S/C10H18O3S/c1-13-10(11)6-7-14(12)8-9-4-2-3-5-9/h9H,2-8H2,1H3. The van der Waals surface area contributed by atoms with Crippen LogP contribution in [-0.2, 0) is 20.3 Å². The molecule has 14 heavy (non-hydrogen) atoms. The number of methoxy groups -OCH3 is 1. The van der Waals surface area contributed by atoms with Gasteiger partial charge in [0.15, 0.2) is 0 Å². The quantitative estimate of drug-likeness (QED) is 0.657. The molecule has 82 valence electrons. The van der Waals surface area contributed by atoms with E-state index in [1.807, 2.05) is 0 Å². The fourth-order valence-electron chi connectivity index (χ4n) is 1.82. The highest BCUT2D eigenvalue weighted by Crippen LogP contribution is 2.25. The van der Waals surface area contributed by atoms with E-state index in [-0.39, 0.29) is 12.4 Å². The molecule has 0 amide bonds. The summed E-state index contributed by atoms with van der Waals surface area (Å²) in [6, 6.07) is 0. The monoisotopic (exact) mass is 218 g/mol. The van der Waals surface area contributed by atoms with Gasteiger partial charge in [0.05, 0.1) is 13.5 Å². The summed E-state index contributed by atoms with van der Waals surface area (Å²) in [5, 5.41) is 0. The molecule has 1 rings (SSSR count). The van der Waals surface area contributed by atoms with Crippen LogP contribution in [0.4, 0.5) is 0 Å². The molecule has 0 saturated heterocycles. The zero-order chi connectivity index (χ0) is 10.4. The third kappa shape index (κ3) is 4.22. The molecule has 0 N–H and O–H groups in total. The van der Waals surface area contributed by atoms with Gasteiger partial charge in [-0.15, -0.1) is 0 Å². The Balaban J connectivity index is 2.12. The van der Waals surface area contributed by atoms with Crippen LogP contribution in [-0.4, -0.2) is 28.8 Å². The van der Waals surface area contributed by atoms with Crippen molar-refractivity contribution < 1.29 is 13.7 Å². The summed E-state index contributed by atoms with van der Waals surface area (Å²) in [7, 11) is 0.530. The lowest BCUT2D eigenvalue weighted by molar-refractivity contribution is -0.140. The average Bonchev–Trinajstić information content (AvgIpc) is 2.66. The van der Waals surface area contributed by atoms with Crippen LogP contribution in [0, 0.1) is 5.92 Å². The van der Waals surface area contributed by atoms with E-state index in [1.54, 1.807) is 0 Å². The molecule has 1 aliphatic carbocycles. The molecule has 1 fully saturated rings. The molecule has 0 spiro atoms. The Morgan fingerprint density at radius 1 is 1.43 bits per heavy atom. The smallest absolute Gasteiger partial charge is 0.306 e. The van der Waals surface area contributed by atoms with Crippen molar-refractivity contribution in [2.24, 2.45) is 5.92 Å². The number of rotatable bonds is 5. The highest BCUT2D eigenvalue weighted by atomic mass is 32.2. The Bertz CT molecular complexity index is 209. The summed E-state index contributed by atoms with van der Waals surface area (Å²) in [5.74, 6) is 1.61. The molecule has 0 aromatic rings. The van der Waals surface area contributed by atoms with Crippen LogP contribution in [0.1, 0.15) is 32.1 Å². The maximum absolute atomic E-state index is 11.5. The van der Waals surface area contributed by atoms with E-state index in [0.717, 1.165) is 5.75 Å². The predicted octanol–water partition coefficient (Wildman–Crippen LogP) is 1.49. The van der Waals surface area contributed by atoms with Crippen LogP contribution in [0.15, 0.2) is 0 Å². The SMILES string of the molecule is COC(=O)CCS(=O)CC1CCCC1. The van der Waals surface area contributed by atoms with E-state index < -0.39 is 10.8 Å². The number of hydrogen-bond acceptors (Lipinski definition) is 3. The fourth-order valence-corrected chi connectivity index (χ4v) is 3.24. The topological polar surface area (TPSA) is 43.4 Å². The first kappa shape index (κ1) is 11.7. The van der Waals surface area contributed by atoms with Crippen molar-refractivity contribution in [3.8, 4) is 0 Å². The van der Waals surface area contributed by atoms with E-state index in [4.69, 9.17) is 0 Å². The minimum atomic E-state index is -0.833. The Morgan fingerprint density at radius 2 is 2.07 bits per heavy atom. The van der Waals surface area contributed by atoms with Crippen LogP contribution in [0.3, 0.4) is 0 Å². The largest absolute Gasteiger partial charge is 0.469 e. The Morgan fingerprint density at radius 3 is 2.64 bits per heavy atom. The first-order chi connectivity index (χ1) is 6.72. The van der Waals surface area contributed by atoms with Gasteiger partial charge in [-0.3, -0.25) is 9.00 Å². The number of hydrogen-bond donors (Lipinski definition) is 0. The maximum Gasteiger partial charge on any atom is 0.306 e. The molecule has 1 unspecified atom stereocenters. The number of esters is 1. The van der Waals surface area contributed by atoms with Crippen LogP contribution in [0.25, 0.3) is 0 Å². The second kappa shape index (κ2) is 6.17. The summed E-state index contributed by atoms with van der Waals surface area (Å²) in [6.45, 7) is 0. The predicted molar refractivity (Wildman–Crippen MR) is 56.5 cm³/mol. The highest BCUT2D eigenvalue weighted by Gasteiger charge is 2.17. The van der Waals surface area contributed by atoms with Gasteiger partial charge in [0.25, 0.3) is 0 Å². The van der Waals surface area contributed by atoms with Crippen molar-refractivity contribution in [1.29, 1.82) is 0 Å². The highest BCUT2D eigenvalue weighted by molar-refractivity contribution is 7.85. The van der Waals surface area contributed by atoms with Gasteiger partial charge in [-0.25, -0.2) is 0 Å². The molecular formula is C10H18O3S. The van der Waals surface area contributed by atoms with Gasteiger partial charge in [-0.1, -0.05) is 12.8 Å². The van der Waals surface area contributed by atoms with Gasteiger partial charge >= 0.3 is 5.97 Å². The molecule has 0 aromatic carbocycles. The summed E-state index contributed by atoms with van der Waals surface area (Å²) >= 11 is 0. The van der Waals surface area contributed by atoms with Crippen molar-refractivity contribution in [2.75, 3.05) is 18.6 Å². The molecule has 3 nitrogen and oxygen atoms in total. The molecule has 4 heteroatoms. The Hall–Kier alpha value is -0.380. The van der Waals surface area contributed by atoms with Crippen molar-refractivity contribution in [1.82, 2.24) is 0 Å². The van der Waals surface area contributed by atoms with Crippen LogP contribution in [0.2, 0.25) is 0 Å². The summed E-state index contributed by atoms with van der Waals surface area (Å²) < 4.78 is 16.0. The third-order valence-corrected chi connectivity index (χ3v) is 4.16. The normalized spacial score (nSPS) is 19.5. The summed E-state index contributed by atoms with van der Waals surface area (Å²) in [4.78, 5) is 10.8. The van der Waals surface area contributed by atoms with Crippen molar-refractivity contribution in [2.45, 2.75) is 32.1 Å². The Labute approximate surface area is 87.7 Å². The van der Waals surface area contributed by atoms with E-state index in [9.17, 15) is 9.00 Å². The van der Waals surface area contributed by atoms with E-state index in [2.05, 4.69) is 4.74 Å². The van der Waals surface area contributed by atoms with Gasteiger partial charge in [0, 0.05) is 22.3 Å². The first-order valence-electron chi connectivity index (χ1n) is 5.14. The van der Waals surface area contributed by atoms with E-state index >= 15 is 0 Å². The molecule has 1 aliphatic rings. The van der Waals surface area contributed by atoms with Gasteiger partial charge < -0.3 is 4.74 Å². The van der Waals surface area contributed by atoms with E-state index in [0.29, 0.717) is 11.7 Å². The summed E-state index contributed by atoms with van der Waals surface area (Å²) in [5.41, 5.74) is 0. The van der Waals surface area contributed by atoms with Crippen molar-refractivity contribution in [3.63, 3.8) is 0 Å². The van der Waals surface area contributed by atoms with E-state index in [1.165, 1.54) is 32.8 Å². The van der Waals surface area contributed by atoms with Crippen LogP contribution < -0.4 is 0 Å². The second-order valence-corrected chi connectivity index (χ2v) is 5.41. The maximum atomic E-state index is 11.5. The number of ether oxygens (including phenoxy) is 1. The molecule has 0 aromatic heterocycles. The lowest BCUT2D eigenvalue weighted by Gasteiger charge is -2.07. The molecule has 0 aliphatic heterocycles. The lowest BCUT2D eigenvalue weighted by atomic mass is 10.1. The lowest BCUT2D eigenvalue weighted by Crippen LogP contribution is -2.13. The second-order valence-electron chi connectivity index (χ2n) is 3.79. The number of carbonyl (C=O) groups excluding carboxylic acids is 1. The first-order valence-corrected chi connectivity index (χ1v) is 6.63. The van der Waals surface area contributed by atoms with Gasteiger partial charge in [-0.2, -0.15) is 0 Å². The zero-order valence-electron chi connectivity index (χ0n) is 8.66. The third-order valence-electron chi connectivity index (χ3n) is 2.66. The zero-order valence-corrected chi connectivity index (χ0v) is 9.48. The average molecular weight is 218 g/mol. The van der Waals surface area contributed by atoms with Crippen LogP contribution >= 0.6 is 0 Å². The van der Waals surface area contributed by atoms with Crippen LogP contribution in [0.5, 0.6) is 0 Å². The molecule has 0 heterocycles. The molecule has 1 saturated carbocycles. The molecular weight excluding hydrogens is 200 g/mol. The van der Waals surface area contributed by atoms with Crippen molar-refractivity contribution >= 4 is 16.8 Å². The molecule has 0 radical (unpaired) electrons. The van der Waals surface area contributed by atoms with Gasteiger partial charge in [-0.05, 0) is 18.8 Å². The minimum Gasteiger partial charge on any atom is -0.469 e. The minimum absolute atomic E-state index is 0.259. The number of carbonyl (C=O) groups is 1. The van der Waals surface area contributed by atoms with Gasteiger partial charge in [0.2, 0.25) is 0 Å². The van der Waals surface area contributed by atoms with Gasteiger partial charge in [0.1, 0.15) is 0 Å².